The number of sulfonamides is 1. The summed E-state index contributed by atoms with van der Waals surface area (Å²) in [7, 11) is -3.78. The fourth-order valence-corrected chi connectivity index (χ4v) is 3.33. The van der Waals surface area contributed by atoms with Crippen molar-refractivity contribution in [1.82, 2.24) is 4.31 Å². The smallest absolute Gasteiger partial charge is 0.321 e. The Morgan fingerprint density at radius 3 is 2.55 bits per heavy atom. The zero-order valence-corrected chi connectivity index (χ0v) is 12.7. The molecule has 0 radical (unpaired) electrons. The number of nitrogens with zero attached hydrogens (tertiary/aromatic N) is 1. The summed E-state index contributed by atoms with van der Waals surface area (Å²) in [6, 6.07) is 5.61. The van der Waals surface area contributed by atoms with Crippen LogP contribution in [0.4, 0.5) is 5.69 Å². The van der Waals surface area contributed by atoms with Crippen molar-refractivity contribution in [3.05, 3.63) is 24.3 Å². The van der Waals surface area contributed by atoms with Crippen LogP contribution in [0.15, 0.2) is 29.2 Å². The van der Waals surface area contributed by atoms with Crippen LogP contribution in [0.2, 0.25) is 0 Å². The molecule has 0 fully saturated rings. The first-order chi connectivity index (χ1) is 9.28. The highest BCUT2D eigenvalue weighted by Crippen LogP contribution is 2.20. The first kappa shape index (κ1) is 16.5. The van der Waals surface area contributed by atoms with Crippen LogP contribution in [0.3, 0.4) is 0 Å². The van der Waals surface area contributed by atoms with Gasteiger partial charge in [0.05, 0.1) is 11.5 Å². The second kappa shape index (κ2) is 6.71. The van der Waals surface area contributed by atoms with E-state index in [-0.39, 0.29) is 24.1 Å². The summed E-state index contributed by atoms with van der Waals surface area (Å²) >= 11 is 0. The monoisotopic (exact) mass is 300 g/mol. The number of rotatable bonds is 6. The van der Waals surface area contributed by atoms with E-state index in [0.717, 1.165) is 4.31 Å². The maximum atomic E-state index is 12.5. The molecule has 0 aliphatic rings. The zero-order chi connectivity index (χ0) is 15.3. The van der Waals surface area contributed by atoms with E-state index in [1.165, 1.54) is 12.1 Å². The maximum Gasteiger partial charge on any atom is 0.321 e. The van der Waals surface area contributed by atoms with E-state index < -0.39 is 16.0 Å². The van der Waals surface area contributed by atoms with E-state index in [9.17, 15) is 13.2 Å². The molecule has 1 rings (SSSR count). The molecule has 0 spiro atoms. The number of carbonyl (C=O) groups is 1. The fraction of sp³-hybridized carbons (Fsp3) is 0.462. The Morgan fingerprint density at radius 1 is 1.40 bits per heavy atom. The van der Waals surface area contributed by atoms with Crippen LogP contribution in [-0.2, 0) is 19.6 Å². The molecular formula is C13H20N2O4S. The topological polar surface area (TPSA) is 89.7 Å². The average molecular weight is 300 g/mol. The summed E-state index contributed by atoms with van der Waals surface area (Å²) < 4.78 is 31.0. The number of nitrogen functional groups attached to an aromatic ring is 1. The molecule has 0 atom stereocenters. The lowest BCUT2D eigenvalue weighted by Gasteiger charge is -2.25. The standard InChI is InChI=1S/C13H20N2O4S/c1-4-19-13(16)9-15(10(2)3)20(17,18)12-7-5-6-11(14)8-12/h5-8,10H,4,9,14H2,1-3H3. The Kier molecular flexibility index (Phi) is 5.52. The van der Waals surface area contributed by atoms with E-state index in [4.69, 9.17) is 10.5 Å². The number of esters is 1. The summed E-state index contributed by atoms with van der Waals surface area (Å²) in [6.45, 7) is 4.96. The molecule has 1 aromatic rings. The normalized spacial score (nSPS) is 11.8. The van der Waals surface area contributed by atoms with Gasteiger partial charge in [-0.2, -0.15) is 4.31 Å². The average Bonchev–Trinajstić information content (AvgIpc) is 2.35. The van der Waals surface area contributed by atoms with Gasteiger partial charge in [0, 0.05) is 11.7 Å². The van der Waals surface area contributed by atoms with Gasteiger partial charge in [-0.3, -0.25) is 4.79 Å². The molecule has 0 aliphatic heterocycles. The third-order valence-corrected chi connectivity index (χ3v) is 4.65. The molecule has 112 valence electrons. The molecule has 0 heterocycles. The van der Waals surface area contributed by atoms with Gasteiger partial charge in [-0.25, -0.2) is 8.42 Å². The highest BCUT2D eigenvalue weighted by Gasteiger charge is 2.29. The molecule has 0 unspecified atom stereocenters. The SMILES string of the molecule is CCOC(=O)CN(C(C)C)S(=O)(=O)c1cccc(N)c1. The largest absolute Gasteiger partial charge is 0.465 e. The van der Waals surface area contributed by atoms with E-state index in [1.54, 1.807) is 32.9 Å². The van der Waals surface area contributed by atoms with Gasteiger partial charge in [-0.1, -0.05) is 6.07 Å². The van der Waals surface area contributed by atoms with Gasteiger partial charge in [0.1, 0.15) is 6.54 Å². The van der Waals surface area contributed by atoms with Crippen LogP contribution in [0.25, 0.3) is 0 Å². The number of hydrogen-bond acceptors (Lipinski definition) is 5. The van der Waals surface area contributed by atoms with Crippen molar-refractivity contribution in [3.63, 3.8) is 0 Å². The van der Waals surface area contributed by atoms with Gasteiger partial charge < -0.3 is 10.5 Å². The lowest BCUT2D eigenvalue weighted by Crippen LogP contribution is -2.41. The quantitative estimate of drug-likeness (QED) is 0.630. The lowest BCUT2D eigenvalue weighted by atomic mass is 10.3. The Morgan fingerprint density at radius 2 is 2.05 bits per heavy atom. The predicted octanol–water partition coefficient (Wildman–Crippen LogP) is 1.23. The maximum absolute atomic E-state index is 12.5. The van der Waals surface area contributed by atoms with Gasteiger partial charge in [0.25, 0.3) is 0 Å². The van der Waals surface area contributed by atoms with E-state index in [0.29, 0.717) is 5.69 Å². The van der Waals surface area contributed by atoms with Gasteiger partial charge >= 0.3 is 5.97 Å². The highest BCUT2D eigenvalue weighted by atomic mass is 32.2. The summed E-state index contributed by atoms with van der Waals surface area (Å²) in [4.78, 5) is 11.6. The van der Waals surface area contributed by atoms with Crippen LogP contribution in [0.1, 0.15) is 20.8 Å². The van der Waals surface area contributed by atoms with Gasteiger partial charge in [0.2, 0.25) is 10.0 Å². The number of benzene rings is 1. The number of anilines is 1. The summed E-state index contributed by atoms with van der Waals surface area (Å²) in [5.74, 6) is -0.575. The van der Waals surface area contributed by atoms with Crippen molar-refractivity contribution in [2.45, 2.75) is 31.7 Å². The van der Waals surface area contributed by atoms with Crippen molar-refractivity contribution in [2.75, 3.05) is 18.9 Å². The fourth-order valence-electron chi connectivity index (χ4n) is 1.69. The lowest BCUT2D eigenvalue weighted by molar-refractivity contribution is -0.143. The van der Waals surface area contributed by atoms with Gasteiger partial charge in [-0.15, -0.1) is 0 Å². The van der Waals surface area contributed by atoms with Crippen molar-refractivity contribution in [2.24, 2.45) is 0 Å². The number of hydrogen-bond donors (Lipinski definition) is 1. The molecule has 0 aliphatic carbocycles. The molecule has 0 saturated heterocycles. The molecule has 7 heteroatoms. The van der Waals surface area contributed by atoms with Crippen LogP contribution in [0, 0.1) is 0 Å². The minimum atomic E-state index is -3.78. The van der Waals surface area contributed by atoms with Crippen molar-refractivity contribution in [3.8, 4) is 0 Å². The van der Waals surface area contributed by atoms with Crippen molar-refractivity contribution < 1.29 is 17.9 Å². The van der Waals surface area contributed by atoms with E-state index in [2.05, 4.69) is 0 Å². The van der Waals surface area contributed by atoms with E-state index >= 15 is 0 Å². The minimum Gasteiger partial charge on any atom is -0.465 e. The third-order valence-electron chi connectivity index (χ3n) is 2.63. The zero-order valence-electron chi connectivity index (χ0n) is 11.9. The highest BCUT2D eigenvalue weighted by molar-refractivity contribution is 7.89. The molecule has 2 N–H and O–H groups in total. The molecule has 1 aromatic carbocycles. The molecule has 0 bridgehead atoms. The Bertz CT molecular complexity index is 569. The molecule has 0 amide bonds. The molecule has 20 heavy (non-hydrogen) atoms. The molecule has 6 nitrogen and oxygen atoms in total. The Balaban J connectivity index is 3.10. The first-order valence-corrected chi connectivity index (χ1v) is 7.76. The van der Waals surface area contributed by atoms with Crippen molar-refractivity contribution in [1.29, 1.82) is 0 Å². The minimum absolute atomic E-state index is 0.0653. The number of ether oxygens (including phenoxy) is 1. The second-order valence-corrected chi connectivity index (χ2v) is 6.41. The predicted molar refractivity (Wildman–Crippen MR) is 76.5 cm³/mol. The molecule has 0 aromatic heterocycles. The summed E-state index contributed by atoms with van der Waals surface area (Å²) in [5.41, 5.74) is 5.96. The molecule has 0 saturated carbocycles. The number of carbonyl (C=O) groups excluding carboxylic acids is 1. The second-order valence-electron chi connectivity index (χ2n) is 4.52. The van der Waals surface area contributed by atoms with Crippen LogP contribution in [0.5, 0.6) is 0 Å². The Hall–Kier alpha value is -1.60. The van der Waals surface area contributed by atoms with E-state index in [1.807, 2.05) is 0 Å². The Labute approximate surface area is 119 Å². The van der Waals surface area contributed by atoms with Crippen LogP contribution >= 0.6 is 0 Å². The van der Waals surface area contributed by atoms with Crippen molar-refractivity contribution >= 4 is 21.7 Å². The third kappa shape index (κ3) is 3.94. The van der Waals surface area contributed by atoms with Gasteiger partial charge in [0.15, 0.2) is 0 Å². The molecular weight excluding hydrogens is 280 g/mol. The number of nitrogens with two attached hydrogens (primary N) is 1. The van der Waals surface area contributed by atoms with Crippen LogP contribution < -0.4 is 5.73 Å². The summed E-state index contributed by atoms with van der Waals surface area (Å²) in [5, 5.41) is 0. The summed E-state index contributed by atoms with van der Waals surface area (Å²) in [6.07, 6.45) is 0. The first-order valence-electron chi connectivity index (χ1n) is 6.32. The van der Waals surface area contributed by atoms with Crippen LogP contribution in [-0.4, -0.2) is 37.9 Å². The van der Waals surface area contributed by atoms with Gasteiger partial charge in [-0.05, 0) is 39.0 Å².